The van der Waals surface area contributed by atoms with E-state index < -0.39 is 9.63 Å². The normalized spacial score (nSPS) is 15.5. The van der Waals surface area contributed by atoms with Gasteiger partial charge in [0.2, 0.25) is 0 Å². The van der Waals surface area contributed by atoms with Crippen LogP contribution >= 0.6 is 0 Å². The zero-order chi connectivity index (χ0) is 9.69. The van der Waals surface area contributed by atoms with Crippen molar-refractivity contribution in [1.82, 2.24) is 0 Å². The highest BCUT2D eigenvalue weighted by Crippen LogP contribution is 2.20. The van der Waals surface area contributed by atoms with E-state index in [9.17, 15) is 13.3 Å². The van der Waals surface area contributed by atoms with Crippen LogP contribution in [-0.4, -0.2) is 24.8 Å². The van der Waals surface area contributed by atoms with E-state index in [1.165, 1.54) is 0 Å². The summed E-state index contributed by atoms with van der Waals surface area (Å²) in [6.07, 6.45) is 2.90. The molecule has 0 spiro atoms. The first kappa shape index (κ1) is 12.1. The molecule has 2 N–H and O–H groups in total. The van der Waals surface area contributed by atoms with E-state index in [0.717, 1.165) is 12.8 Å². The molecule has 0 aliphatic carbocycles. The molecule has 0 amide bonds. The van der Waals surface area contributed by atoms with E-state index in [0.29, 0.717) is 12.8 Å². The highest BCUT2D eigenvalue weighted by molar-refractivity contribution is 8.10. The lowest BCUT2D eigenvalue weighted by Gasteiger charge is -2.30. The molecule has 76 valence electrons. The van der Waals surface area contributed by atoms with Crippen LogP contribution in [0.3, 0.4) is 0 Å². The van der Waals surface area contributed by atoms with Gasteiger partial charge in [0, 0.05) is 11.5 Å². The Balaban J connectivity index is 4.00. The summed E-state index contributed by atoms with van der Waals surface area (Å²) >= 11 is 0. The Bertz CT molecular complexity index is 169. The second-order valence-corrected chi connectivity index (χ2v) is 6.49. The minimum atomic E-state index is -4.22. The van der Waals surface area contributed by atoms with Crippen molar-refractivity contribution in [2.75, 3.05) is 11.5 Å². The Labute approximate surface area is 74.6 Å². The summed E-state index contributed by atoms with van der Waals surface area (Å²) < 4.78 is 30.1. The van der Waals surface area contributed by atoms with Gasteiger partial charge in [0.1, 0.15) is 0 Å². The largest absolute Gasteiger partial charge is 0.308 e. The third-order valence-electron chi connectivity index (χ3n) is 1.82. The number of hydrogen-bond acceptors (Lipinski definition) is 1. The first-order chi connectivity index (χ1) is 5.39. The quantitative estimate of drug-likeness (QED) is 0.685. The first-order valence-corrected chi connectivity index (χ1v) is 6.74. The summed E-state index contributed by atoms with van der Waals surface area (Å²) in [5.74, 6) is 0.0708. The lowest BCUT2D eigenvalue weighted by atomic mass is 10.4. The van der Waals surface area contributed by atoms with E-state index >= 15 is 0 Å². The molecular weight excluding hydrogens is 176 g/mol. The van der Waals surface area contributed by atoms with E-state index in [1.54, 1.807) is 0 Å². The summed E-state index contributed by atoms with van der Waals surface area (Å²) in [7, 11) is -4.22. The van der Waals surface area contributed by atoms with Crippen molar-refractivity contribution in [3.63, 3.8) is 0 Å². The summed E-state index contributed by atoms with van der Waals surface area (Å²) in [5, 5.41) is 0. The van der Waals surface area contributed by atoms with E-state index in [1.807, 2.05) is 13.8 Å². The van der Waals surface area contributed by atoms with Crippen molar-refractivity contribution in [1.29, 1.82) is 0 Å². The van der Waals surface area contributed by atoms with Crippen molar-refractivity contribution in [2.24, 2.45) is 0 Å². The summed E-state index contributed by atoms with van der Waals surface area (Å²) in [6, 6.07) is 0. The fourth-order valence-electron chi connectivity index (χ4n) is 0.971. The monoisotopic (exact) mass is 196 g/mol. The van der Waals surface area contributed by atoms with Crippen LogP contribution in [0.4, 0.5) is 0 Å². The van der Waals surface area contributed by atoms with Gasteiger partial charge >= 0.3 is 0 Å². The summed E-state index contributed by atoms with van der Waals surface area (Å²) in [5.41, 5.74) is 0. The molecule has 0 aromatic rings. The topological polar surface area (TPSA) is 57.5 Å². The molecule has 0 aromatic carbocycles. The third kappa shape index (κ3) is 5.69. The van der Waals surface area contributed by atoms with E-state index in [-0.39, 0.29) is 11.5 Å². The zero-order valence-electron chi connectivity index (χ0n) is 7.95. The fourth-order valence-corrected chi connectivity index (χ4v) is 2.91. The summed E-state index contributed by atoms with van der Waals surface area (Å²) in [6.45, 7) is 3.87. The van der Waals surface area contributed by atoms with Gasteiger partial charge in [-0.25, -0.2) is 4.21 Å². The van der Waals surface area contributed by atoms with Gasteiger partial charge in [0.25, 0.3) is 0 Å². The average molecular weight is 196 g/mol. The van der Waals surface area contributed by atoms with Crippen LogP contribution in [0.5, 0.6) is 0 Å². The maximum absolute atomic E-state index is 11.4. The molecule has 0 aliphatic rings. The minimum absolute atomic E-state index is 0.0354. The molecule has 0 aromatic heterocycles. The molecule has 0 saturated heterocycles. The Morgan fingerprint density at radius 1 is 1.00 bits per heavy atom. The van der Waals surface area contributed by atoms with Crippen molar-refractivity contribution in [3.05, 3.63) is 0 Å². The van der Waals surface area contributed by atoms with E-state index in [4.69, 9.17) is 0 Å². The van der Waals surface area contributed by atoms with Gasteiger partial charge in [0.05, 0.1) is 9.63 Å². The van der Waals surface area contributed by atoms with Crippen LogP contribution < -0.4 is 0 Å². The molecule has 0 unspecified atom stereocenters. The van der Waals surface area contributed by atoms with Crippen molar-refractivity contribution < 1.29 is 13.3 Å². The fraction of sp³-hybridized carbons (Fsp3) is 1.00. The second kappa shape index (κ2) is 4.35. The predicted octanol–water partition coefficient (Wildman–Crippen LogP) is 2.35. The van der Waals surface area contributed by atoms with Gasteiger partial charge in [0.15, 0.2) is 0 Å². The van der Waals surface area contributed by atoms with Crippen molar-refractivity contribution in [3.8, 4) is 0 Å². The zero-order valence-corrected chi connectivity index (χ0v) is 8.77. The molecule has 0 radical (unpaired) electrons. The molecule has 0 bridgehead atoms. The molecule has 12 heavy (non-hydrogen) atoms. The standard InChI is InChI=1S/C8H20O3S/c1-3-5-7-12(9,10,11)8-6-4-2/h3-8H2,1-2H3,(H2,9,10,11). The molecule has 0 heterocycles. The predicted molar refractivity (Wildman–Crippen MR) is 53.0 cm³/mol. The molecule has 0 rings (SSSR count). The van der Waals surface area contributed by atoms with Gasteiger partial charge in [-0.15, -0.1) is 0 Å². The molecule has 0 atom stereocenters. The number of unbranched alkanes of at least 4 members (excludes halogenated alkanes) is 2. The smallest absolute Gasteiger partial charge is 0.0826 e. The van der Waals surface area contributed by atoms with Crippen LogP contribution in [0.1, 0.15) is 39.5 Å². The van der Waals surface area contributed by atoms with Gasteiger partial charge in [-0.2, -0.15) is 0 Å². The SMILES string of the molecule is CCCCS(=O)(O)(O)CCCC. The van der Waals surface area contributed by atoms with Crippen LogP contribution in [0.15, 0.2) is 0 Å². The molecule has 0 aliphatic heterocycles. The highest BCUT2D eigenvalue weighted by atomic mass is 32.3. The molecule has 0 fully saturated rings. The summed E-state index contributed by atoms with van der Waals surface area (Å²) in [4.78, 5) is 0. The minimum Gasteiger partial charge on any atom is -0.308 e. The first-order valence-electron chi connectivity index (χ1n) is 4.52. The van der Waals surface area contributed by atoms with Crippen LogP contribution in [-0.2, 0) is 9.63 Å². The maximum atomic E-state index is 11.4. The van der Waals surface area contributed by atoms with Gasteiger partial charge in [-0.3, -0.25) is 0 Å². The van der Waals surface area contributed by atoms with Gasteiger partial charge < -0.3 is 9.11 Å². The Hall–Kier alpha value is 0.0700. The molecular formula is C8H20O3S. The third-order valence-corrected chi connectivity index (χ3v) is 4.03. The van der Waals surface area contributed by atoms with Crippen molar-refractivity contribution >= 4 is 9.63 Å². The number of rotatable bonds is 6. The van der Waals surface area contributed by atoms with Crippen molar-refractivity contribution in [2.45, 2.75) is 39.5 Å². The van der Waals surface area contributed by atoms with E-state index in [2.05, 4.69) is 0 Å². The average Bonchev–Trinajstić information content (AvgIpc) is 1.97. The molecule has 4 heteroatoms. The molecule has 0 saturated carbocycles. The molecule has 3 nitrogen and oxygen atoms in total. The van der Waals surface area contributed by atoms with Crippen LogP contribution in [0.25, 0.3) is 0 Å². The van der Waals surface area contributed by atoms with Gasteiger partial charge in [-0.05, 0) is 12.8 Å². The highest BCUT2D eigenvalue weighted by Gasteiger charge is 2.27. The van der Waals surface area contributed by atoms with Gasteiger partial charge in [-0.1, -0.05) is 26.7 Å². The second-order valence-electron chi connectivity index (χ2n) is 3.30. The lowest BCUT2D eigenvalue weighted by Crippen LogP contribution is -2.38. The lowest BCUT2D eigenvalue weighted by molar-refractivity contribution is 0.386. The Morgan fingerprint density at radius 2 is 1.33 bits per heavy atom. The Kier molecular flexibility index (Phi) is 4.37. The Morgan fingerprint density at radius 3 is 1.58 bits per heavy atom. The van der Waals surface area contributed by atoms with Crippen LogP contribution in [0.2, 0.25) is 0 Å². The number of hydrogen-bond donors (Lipinski definition) is 2. The van der Waals surface area contributed by atoms with Crippen LogP contribution in [0, 0.1) is 0 Å². The maximum Gasteiger partial charge on any atom is 0.0826 e.